The number of nitrogens with zero attached hydrogens (tertiary/aromatic N) is 3. The molecule has 2 rings (SSSR count). The quantitative estimate of drug-likeness (QED) is 0.831. The lowest BCUT2D eigenvalue weighted by atomic mass is 10.1. The van der Waals surface area contributed by atoms with Crippen LogP contribution in [-0.4, -0.2) is 31.6 Å². The van der Waals surface area contributed by atoms with Crippen molar-refractivity contribution in [2.45, 2.75) is 38.8 Å². The number of benzene rings is 1. The first-order chi connectivity index (χ1) is 10.0. The maximum atomic E-state index is 10.8. The molecule has 2 aromatic rings. The highest BCUT2D eigenvalue weighted by Gasteiger charge is 2.17. The maximum absolute atomic E-state index is 10.8. The Labute approximate surface area is 128 Å². The van der Waals surface area contributed by atoms with Crippen LogP contribution in [0.2, 0.25) is 0 Å². The van der Waals surface area contributed by atoms with Gasteiger partial charge < -0.3 is 5.11 Å². The van der Waals surface area contributed by atoms with Crippen LogP contribution in [0.15, 0.2) is 23.4 Å². The molecule has 0 aliphatic rings. The Morgan fingerprint density at radius 3 is 2.52 bits per heavy atom. The molecule has 0 atom stereocenters. The summed E-state index contributed by atoms with van der Waals surface area (Å²) in [4.78, 5) is 10.8. The summed E-state index contributed by atoms with van der Waals surface area (Å²) in [6, 6.07) is 6.11. The van der Waals surface area contributed by atoms with Crippen LogP contribution < -0.4 is 0 Å². The number of aryl methyl sites for hydroxylation is 3. The van der Waals surface area contributed by atoms with Gasteiger partial charge in [-0.15, -0.1) is 10.2 Å². The molecule has 6 heteroatoms. The predicted molar refractivity (Wildman–Crippen MR) is 83.2 cm³/mol. The van der Waals surface area contributed by atoms with Crippen molar-refractivity contribution in [1.29, 1.82) is 0 Å². The van der Waals surface area contributed by atoms with Gasteiger partial charge in [-0.05, 0) is 31.4 Å². The number of aromatic nitrogens is 3. The number of aliphatic carboxylic acids is 1. The van der Waals surface area contributed by atoms with Crippen LogP contribution in [0.5, 0.6) is 0 Å². The van der Waals surface area contributed by atoms with Gasteiger partial charge in [0.05, 0.1) is 11.4 Å². The minimum Gasteiger partial charge on any atom is -0.481 e. The van der Waals surface area contributed by atoms with E-state index in [4.69, 9.17) is 5.11 Å². The zero-order valence-electron chi connectivity index (χ0n) is 12.5. The lowest BCUT2D eigenvalue weighted by Crippen LogP contribution is -2.08. The van der Waals surface area contributed by atoms with Crippen LogP contribution in [0, 0.1) is 13.8 Å². The molecular weight excluding hydrogens is 286 g/mol. The van der Waals surface area contributed by atoms with Crippen molar-refractivity contribution >= 4 is 17.7 Å². The summed E-state index contributed by atoms with van der Waals surface area (Å²) >= 11 is 1.20. The summed E-state index contributed by atoms with van der Waals surface area (Å²) < 4.78 is 2.00. The second-order valence-electron chi connectivity index (χ2n) is 4.91. The lowest BCUT2D eigenvalue weighted by Gasteiger charge is -2.15. The van der Waals surface area contributed by atoms with E-state index in [1.807, 2.05) is 36.6 Å². The molecule has 0 bridgehead atoms. The van der Waals surface area contributed by atoms with Gasteiger partial charge in [0.15, 0.2) is 5.16 Å². The highest BCUT2D eigenvalue weighted by molar-refractivity contribution is 7.99. The molecule has 0 fully saturated rings. The second-order valence-corrected chi connectivity index (χ2v) is 5.85. The molecule has 1 heterocycles. The minimum absolute atomic E-state index is 0.0187. The van der Waals surface area contributed by atoms with Crippen LogP contribution in [-0.2, 0) is 11.2 Å². The van der Waals surface area contributed by atoms with Gasteiger partial charge in [0.2, 0.25) is 0 Å². The van der Waals surface area contributed by atoms with E-state index >= 15 is 0 Å². The molecule has 0 unspecified atom stereocenters. The van der Waals surface area contributed by atoms with Gasteiger partial charge in [-0.1, -0.05) is 36.9 Å². The number of rotatable bonds is 6. The summed E-state index contributed by atoms with van der Waals surface area (Å²) in [6.07, 6.45) is 1.78. The third-order valence-electron chi connectivity index (χ3n) is 3.16. The third kappa shape index (κ3) is 3.44. The third-order valence-corrected chi connectivity index (χ3v) is 4.08. The molecule has 0 aliphatic heterocycles. The molecule has 1 aromatic heterocycles. The average Bonchev–Trinajstić information content (AvgIpc) is 2.80. The first-order valence-electron chi connectivity index (χ1n) is 6.90. The monoisotopic (exact) mass is 305 g/mol. The zero-order valence-corrected chi connectivity index (χ0v) is 13.3. The van der Waals surface area contributed by atoms with E-state index in [1.165, 1.54) is 11.8 Å². The van der Waals surface area contributed by atoms with Crippen LogP contribution in [0.3, 0.4) is 0 Å². The van der Waals surface area contributed by atoms with Gasteiger partial charge in [-0.2, -0.15) is 0 Å². The SMILES string of the molecule is CCCc1nnc(SCC(=O)O)n1-c1c(C)cccc1C. The van der Waals surface area contributed by atoms with Gasteiger partial charge in [0, 0.05) is 6.42 Å². The lowest BCUT2D eigenvalue weighted by molar-refractivity contribution is -0.133. The Balaban J connectivity index is 2.53. The second kappa shape index (κ2) is 6.76. The summed E-state index contributed by atoms with van der Waals surface area (Å²) in [5, 5.41) is 17.9. The Morgan fingerprint density at radius 2 is 1.95 bits per heavy atom. The van der Waals surface area contributed by atoms with Gasteiger partial charge in [0.1, 0.15) is 5.82 Å². The van der Waals surface area contributed by atoms with Gasteiger partial charge in [-0.25, -0.2) is 0 Å². The van der Waals surface area contributed by atoms with Gasteiger partial charge in [0.25, 0.3) is 0 Å². The van der Waals surface area contributed by atoms with Crippen molar-refractivity contribution in [2.24, 2.45) is 0 Å². The molecular formula is C15H19N3O2S. The van der Waals surface area contributed by atoms with E-state index < -0.39 is 5.97 Å². The zero-order chi connectivity index (χ0) is 15.4. The number of para-hydroxylation sites is 1. The molecule has 1 aromatic carbocycles. The summed E-state index contributed by atoms with van der Waals surface area (Å²) in [5.41, 5.74) is 3.31. The smallest absolute Gasteiger partial charge is 0.313 e. The average molecular weight is 305 g/mol. The standard InChI is InChI=1S/C15H19N3O2S/c1-4-6-12-16-17-15(21-9-13(19)20)18(12)14-10(2)7-5-8-11(14)3/h5,7-8H,4,6,9H2,1-3H3,(H,19,20). The molecule has 0 spiro atoms. The first kappa shape index (κ1) is 15.6. The fraction of sp³-hybridized carbons (Fsp3) is 0.400. The van der Waals surface area contributed by atoms with Crippen molar-refractivity contribution in [3.8, 4) is 5.69 Å². The van der Waals surface area contributed by atoms with E-state index in [2.05, 4.69) is 17.1 Å². The van der Waals surface area contributed by atoms with Crippen molar-refractivity contribution in [1.82, 2.24) is 14.8 Å². The van der Waals surface area contributed by atoms with Gasteiger partial charge in [-0.3, -0.25) is 9.36 Å². The molecule has 0 aliphatic carbocycles. The minimum atomic E-state index is -0.854. The summed E-state index contributed by atoms with van der Waals surface area (Å²) in [7, 11) is 0. The number of hydrogen-bond donors (Lipinski definition) is 1. The highest BCUT2D eigenvalue weighted by Crippen LogP contribution is 2.27. The van der Waals surface area contributed by atoms with Crippen LogP contribution in [0.4, 0.5) is 0 Å². The fourth-order valence-corrected chi connectivity index (χ4v) is 2.97. The number of carboxylic acids is 1. The molecule has 0 amide bonds. The van der Waals surface area contributed by atoms with Crippen molar-refractivity contribution in [3.63, 3.8) is 0 Å². The first-order valence-corrected chi connectivity index (χ1v) is 7.88. The molecule has 5 nitrogen and oxygen atoms in total. The van der Waals surface area contributed by atoms with Gasteiger partial charge >= 0.3 is 5.97 Å². The number of hydrogen-bond acceptors (Lipinski definition) is 4. The van der Waals surface area contributed by atoms with Crippen molar-refractivity contribution < 1.29 is 9.90 Å². The fourth-order valence-electron chi connectivity index (χ4n) is 2.29. The molecule has 0 saturated heterocycles. The predicted octanol–water partition coefficient (Wildman–Crippen LogP) is 3.01. The van der Waals surface area contributed by atoms with Crippen LogP contribution in [0.1, 0.15) is 30.3 Å². The number of carboxylic acid groups (broad SMARTS) is 1. The molecule has 21 heavy (non-hydrogen) atoms. The number of carbonyl (C=O) groups is 1. The van der Waals surface area contributed by atoms with E-state index in [0.29, 0.717) is 5.16 Å². The van der Waals surface area contributed by atoms with E-state index in [-0.39, 0.29) is 5.75 Å². The normalized spacial score (nSPS) is 10.8. The molecule has 112 valence electrons. The maximum Gasteiger partial charge on any atom is 0.313 e. The van der Waals surface area contributed by atoms with Crippen LogP contribution >= 0.6 is 11.8 Å². The van der Waals surface area contributed by atoms with Crippen molar-refractivity contribution in [3.05, 3.63) is 35.2 Å². The Morgan fingerprint density at radius 1 is 1.29 bits per heavy atom. The molecule has 0 saturated carbocycles. The topological polar surface area (TPSA) is 68.0 Å². The summed E-state index contributed by atoms with van der Waals surface area (Å²) in [6.45, 7) is 6.18. The summed E-state index contributed by atoms with van der Waals surface area (Å²) in [5.74, 6) is 0.00530. The number of thioether (sulfide) groups is 1. The molecule has 0 radical (unpaired) electrons. The molecule has 1 N–H and O–H groups in total. The Hall–Kier alpha value is -1.82. The Bertz CT molecular complexity index is 632. The van der Waals surface area contributed by atoms with E-state index in [0.717, 1.165) is 35.5 Å². The Kier molecular flexibility index (Phi) is 5.01. The van der Waals surface area contributed by atoms with Crippen molar-refractivity contribution in [2.75, 3.05) is 5.75 Å². The van der Waals surface area contributed by atoms with Crippen LogP contribution in [0.25, 0.3) is 5.69 Å². The highest BCUT2D eigenvalue weighted by atomic mass is 32.2. The van der Waals surface area contributed by atoms with E-state index in [9.17, 15) is 4.79 Å². The largest absolute Gasteiger partial charge is 0.481 e. The van der Waals surface area contributed by atoms with E-state index in [1.54, 1.807) is 0 Å².